The number of rotatable bonds is 4. The van der Waals surface area contributed by atoms with Crippen molar-refractivity contribution >= 4 is 23.5 Å². The van der Waals surface area contributed by atoms with Crippen LogP contribution in [-0.4, -0.2) is 42.4 Å². The lowest BCUT2D eigenvalue weighted by atomic mass is 9.96. The van der Waals surface area contributed by atoms with Crippen molar-refractivity contribution in [1.82, 2.24) is 10.2 Å². The molecule has 7 heteroatoms. The van der Waals surface area contributed by atoms with Crippen molar-refractivity contribution in [3.63, 3.8) is 0 Å². The number of imide groups is 1. The molecule has 0 aliphatic carbocycles. The maximum Gasteiger partial charge on any atom is 0.325 e. The second kappa shape index (κ2) is 8.33. The van der Waals surface area contributed by atoms with Crippen molar-refractivity contribution in [1.29, 1.82) is 0 Å². The number of piperidine rings is 1. The lowest BCUT2D eigenvalue weighted by molar-refractivity contribution is -0.133. The monoisotopic (exact) mass is 333 g/mol. The van der Waals surface area contributed by atoms with Gasteiger partial charge in [-0.2, -0.15) is 0 Å². The summed E-state index contributed by atoms with van der Waals surface area (Å²) in [5.74, 6) is -0.00502. The molecule has 0 saturated carbocycles. The summed E-state index contributed by atoms with van der Waals surface area (Å²) in [6, 6.07) is 6.46. The van der Waals surface area contributed by atoms with Gasteiger partial charge in [0.15, 0.2) is 0 Å². The van der Waals surface area contributed by atoms with Crippen LogP contribution in [0.4, 0.5) is 10.5 Å². The van der Waals surface area contributed by atoms with E-state index in [1.165, 1.54) is 6.92 Å². The number of carbonyl (C=O) groups excluding carboxylic acids is 3. The Kier molecular flexibility index (Phi) is 6.17. The molecule has 4 amide bonds. The molecular formula is C17H23N3O4. The van der Waals surface area contributed by atoms with Crippen LogP contribution in [0.3, 0.4) is 0 Å². The summed E-state index contributed by atoms with van der Waals surface area (Å²) < 4.78 is 5.43. The number of likely N-dealkylation sites (tertiary alicyclic amines) is 1. The van der Waals surface area contributed by atoms with Crippen LogP contribution < -0.4 is 15.4 Å². The third-order valence-corrected chi connectivity index (χ3v) is 3.98. The van der Waals surface area contributed by atoms with Crippen LogP contribution in [0, 0.1) is 5.92 Å². The summed E-state index contributed by atoms with van der Waals surface area (Å²) in [4.78, 5) is 37.2. The predicted molar refractivity (Wildman–Crippen MR) is 89.8 cm³/mol. The quantitative estimate of drug-likeness (QED) is 0.882. The topological polar surface area (TPSA) is 87.7 Å². The van der Waals surface area contributed by atoms with E-state index in [4.69, 9.17) is 4.74 Å². The molecule has 7 nitrogen and oxygen atoms in total. The minimum Gasteiger partial charge on any atom is -0.492 e. The molecule has 1 aliphatic rings. The molecule has 0 spiro atoms. The smallest absolute Gasteiger partial charge is 0.325 e. The van der Waals surface area contributed by atoms with E-state index in [0.717, 1.165) is 0 Å². The number of benzene rings is 1. The van der Waals surface area contributed by atoms with E-state index in [9.17, 15) is 14.4 Å². The number of para-hydroxylation sites is 2. The van der Waals surface area contributed by atoms with Gasteiger partial charge in [-0.3, -0.25) is 14.9 Å². The molecule has 24 heavy (non-hydrogen) atoms. The summed E-state index contributed by atoms with van der Waals surface area (Å²) >= 11 is 0. The average molecular weight is 333 g/mol. The SMILES string of the molecule is CCOc1ccccc1NC(=O)NC(=O)C1CCN(C(C)=O)CC1. The maximum absolute atomic E-state index is 12.2. The van der Waals surface area contributed by atoms with Gasteiger partial charge >= 0.3 is 6.03 Å². The number of amides is 4. The van der Waals surface area contributed by atoms with Crippen molar-refractivity contribution in [3.8, 4) is 5.75 Å². The molecule has 1 fully saturated rings. The Hall–Kier alpha value is -2.57. The maximum atomic E-state index is 12.2. The number of urea groups is 1. The lowest BCUT2D eigenvalue weighted by Gasteiger charge is -2.30. The summed E-state index contributed by atoms with van der Waals surface area (Å²) in [7, 11) is 0. The van der Waals surface area contributed by atoms with E-state index in [1.54, 1.807) is 23.1 Å². The number of nitrogens with zero attached hydrogens (tertiary/aromatic N) is 1. The molecule has 2 N–H and O–H groups in total. The van der Waals surface area contributed by atoms with Crippen LogP contribution in [0.25, 0.3) is 0 Å². The second-order valence-corrected chi connectivity index (χ2v) is 5.65. The van der Waals surface area contributed by atoms with Gasteiger partial charge in [0, 0.05) is 25.9 Å². The summed E-state index contributed by atoms with van der Waals surface area (Å²) in [5.41, 5.74) is 0.510. The van der Waals surface area contributed by atoms with E-state index in [-0.39, 0.29) is 17.7 Å². The zero-order chi connectivity index (χ0) is 17.5. The van der Waals surface area contributed by atoms with Gasteiger partial charge in [0.05, 0.1) is 12.3 Å². The van der Waals surface area contributed by atoms with Gasteiger partial charge in [-0.1, -0.05) is 12.1 Å². The molecule has 1 saturated heterocycles. The lowest BCUT2D eigenvalue weighted by Crippen LogP contribution is -2.44. The van der Waals surface area contributed by atoms with Crippen molar-refractivity contribution in [2.24, 2.45) is 5.92 Å². The average Bonchev–Trinajstić information content (AvgIpc) is 2.57. The van der Waals surface area contributed by atoms with Crippen LogP contribution in [0.1, 0.15) is 26.7 Å². The Bertz CT molecular complexity index is 610. The molecule has 0 atom stereocenters. The molecule has 0 aromatic heterocycles. The first kappa shape index (κ1) is 17.8. The van der Waals surface area contributed by atoms with Crippen LogP contribution >= 0.6 is 0 Å². The molecular weight excluding hydrogens is 310 g/mol. The molecule has 1 aromatic rings. The first-order valence-electron chi connectivity index (χ1n) is 8.10. The van der Waals surface area contributed by atoms with Gasteiger partial charge in [-0.05, 0) is 31.9 Å². The molecule has 0 radical (unpaired) electrons. The molecule has 2 rings (SSSR count). The Morgan fingerprint density at radius 2 is 1.88 bits per heavy atom. The highest BCUT2D eigenvalue weighted by Crippen LogP contribution is 2.23. The van der Waals surface area contributed by atoms with Crippen molar-refractivity contribution in [2.75, 3.05) is 25.0 Å². The molecule has 1 heterocycles. The summed E-state index contributed by atoms with van der Waals surface area (Å²) in [6.07, 6.45) is 1.13. The Morgan fingerprint density at radius 3 is 2.50 bits per heavy atom. The van der Waals surface area contributed by atoms with Gasteiger partial charge in [0.2, 0.25) is 11.8 Å². The zero-order valence-electron chi connectivity index (χ0n) is 14.0. The zero-order valence-corrected chi connectivity index (χ0v) is 14.0. The molecule has 130 valence electrons. The number of nitrogens with one attached hydrogen (secondary N) is 2. The van der Waals surface area contributed by atoms with Crippen molar-refractivity contribution in [2.45, 2.75) is 26.7 Å². The van der Waals surface area contributed by atoms with Gasteiger partial charge in [0.1, 0.15) is 5.75 Å². The standard InChI is InChI=1S/C17H23N3O4/c1-3-24-15-7-5-4-6-14(15)18-17(23)19-16(22)13-8-10-20(11-9-13)12(2)21/h4-7,13H,3,8-11H2,1-2H3,(H2,18,19,22,23). The minimum absolute atomic E-state index is 0.0131. The largest absolute Gasteiger partial charge is 0.492 e. The van der Waals surface area contributed by atoms with Crippen molar-refractivity contribution < 1.29 is 19.1 Å². The fraction of sp³-hybridized carbons (Fsp3) is 0.471. The van der Waals surface area contributed by atoms with Crippen LogP contribution in [0.15, 0.2) is 24.3 Å². The first-order valence-corrected chi connectivity index (χ1v) is 8.10. The van der Waals surface area contributed by atoms with Gasteiger partial charge in [-0.25, -0.2) is 4.79 Å². The van der Waals surface area contributed by atoms with Crippen LogP contribution in [0.2, 0.25) is 0 Å². The van der Waals surface area contributed by atoms with Gasteiger partial charge < -0.3 is 15.0 Å². The predicted octanol–water partition coefficient (Wildman–Crippen LogP) is 1.99. The van der Waals surface area contributed by atoms with E-state index in [1.807, 2.05) is 13.0 Å². The Labute approximate surface area is 141 Å². The number of hydrogen-bond donors (Lipinski definition) is 2. The fourth-order valence-electron chi connectivity index (χ4n) is 2.68. The second-order valence-electron chi connectivity index (χ2n) is 5.65. The molecule has 1 aromatic carbocycles. The van der Waals surface area contributed by atoms with E-state index < -0.39 is 6.03 Å². The highest BCUT2D eigenvalue weighted by Gasteiger charge is 2.27. The van der Waals surface area contributed by atoms with E-state index in [2.05, 4.69) is 10.6 Å². The van der Waals surface area contributed by atoms with Crippen LogP contribution in [0.5, 0.6) is 5.75 Å². The number of ether oxygens (including phenoxy) is 1. The van der Waals surface area contributed by atoms with Crippen molar-refractivity contribution in [3.05, 3.63) is 24.3 Å². The fourth-order valence-corrected chi connectivity index (χ4v) is 2.68. The number of carbonyl (C=O) groups is 3. The molecule has 1 aliphatic heterocycles. The normalized spacial score (nSPS) is 14.8. The van der Waals surface area contributed by atoms with Gasteiger partial charge in [0.25, 0.3) is 0 Å². The van der Waals surface area contributed by atoms with E-state index in [0.29, 0.717) is 44.0 Å². The van der Waals surface area contributed by atoms with Crippen LogP contribution in [-0.2, 0) is 9.59 Å². The summed E-state index contributed by atoms with van der Waals surface area (Å²) in [6.45, 7) is 4.94. The number of anilines is 1. The molecule has 0 unspecified atom stereocenters. The Morgan fingerprint density at radius 1 is 1.21 bits per heavy atom. The first-order chi connectivity index (χ1) is 11.5. The summed E-state index contributed by atoms with van der Waals surface area (Å²) in [5, 5.41) is 5.00. The third kappa shape index (κ3) is 4.71. The molecule has 0 bridgehead atoms. The third-order valence-electron chi connectivity index (χ3n) is 3.98. The van der Waals surface area contributed by atoms with Gasteiger partial charge in [-0.15, -0.1) is 0 Å². The minimum atomic E-state index is -0.582. The van der Waals surface area contributed by atoms with E-state index >= 15 is 0 Å². The highest BCUT2D eigenvalue weighted by atomic mass is 16.5. The number of hydrogen-bond acceptors (Lipinski definition) is 4. The Balaban J connectivity index is 1.86. The highest BCUT2D eigenvalue weighted by molar-refractivity contribution is 6.02.